The fourth-order valence-electron chi connectivity index (χ4n) is 1.27. The molecule has 0 aliphatic rings. The molecule has 0 aliphatic carbocycles. The quantitative estimate of drug-likeness (QED) is 0.820. The highest BCUT2D eigenvalue weighted by Gasteiger charge is 2.22. The predicted octanol–water partition coefficient (Wildman–Crippen LogP) is 0.987. The first kappa shape index (κ1) is 12.8. The number of rotatable bonds is 3. The van der Waals surface area contributed by atoms with Gasteiger partial charge in [-0.05, 0) is 12.1 Å². The first-order chi connectivity index (χ1) is 7.43. The van der Waals surface area contributed by atoms with Crippen molar-refractivity contribution in [3.63, 3.8) is 0 Å². The maximum atomic E-state index is 11.3. The lowest BCUT2D eigenvalue weighted by molar-refractivity contribution is 0.276. The van der Waals surface area contributed by atoms with E-state index in [2.05, 4.69) is 0 Å². The molecule has 0 bridgehead atoms. The highest BCUT2D eigenvalue weighted by atomic mass is 35.7. The average Bonchev–Trinajstić information content (AvgIpc) is 2.25. The lowest BCUT2D eigenvalue weighted by Crippen LogP contribution is -2.03. The first-order valence-corrected chi connectivity index (χ1v) is 6.41. The smallest absolute Gasteiger partial charge is 0.265 e. The van der Waals surface area contributed by atoms with E-state index in [-0.39, 0.29) is 21.8 Å². The molecule has 0 spiro atoms. The molecule has 7 heteroatoms. The molecule has 0 saturated carbocycles. The van der Waals surface area contributed by atoms with Crippen LogP contribution in [0.5, 0.6) is 5.75 Å². The Kier molecular flexibility index (Phi) is 3.75. The van der Waals surface area contributed by atoms with Crippen molar-refractivity contribution >= 4 is 19.7 Å². The van der Waals surface area contributed by atoms with E-state index in [1.54, 1.807) is 0 Å². The standard InChI is InChI=1S/C9H8ClNO4S/c1-15-8-3-6(4-11)2-7(5-12)9(8)16(10,13)14/h2-3,12H,5H2,1H3. The Morgan fingerprint density at radius 2 is 2.19 bits per heavy atom. The summed E-state index contributed by atoms with van der Waals surface area (Å²) < 4.78 is 27.4. The summed E-state index contributed by atoms with van der Waals surface area (Å²) in [5.41, 5.74) is 0.218. The molecule has 0 amide bonds. The van der Waals surface area contributed by atoms with Crippen LogP contribution in [0.25, 0.3) is 0 Å². The van der Waals surface area contributed by atoms with Crippen LogP contribution in [-0.4, -0.2) is 20.6 Å². The van der Waals surface area contributed by atoms with E-state index in [0.717, 1.165) is 0 Å². The zero-order chi connectivity index (χ0) is 12.3. The third-order valence-corrected chi connectivity index (χ3v) is 3.31. The van der Waals surface area contributed by atoms with Gasteiger partial charge in [-0.2, -0.15) is 5.26 Å². The summed E-state index contributed by atoms with van der Waals surface area (Å²) in [5, 5.41) is 17.7. The van der Waals surface area contributed by atoms with Crippen molar-refractivity contribution in [2.24, 2.45) is 0 Å². The topological polar surface area (TPSA) is 87.4 Å². The van der Waals surface area contributed by atoms with Gasteiger partial charge in [0.1, 0.15) is 10.6 Å². The van der Waals surface area contributed by atoms with Gasteiger partial charge in [0.25, 0.3) is 9.05 Å². The van der Waals surface area contributed by atoms with Crippen LogP contribution >= 0.6 is 10.7 Å². The number of aliphatic hydroxyl groups excluding tert-OH is 1. The lowest BCUT2D eigenvalue weighted by Gasteiger charge is -2.10. The van der Waals surface area contributed by atoms with Crippen molar-refractivity contribution in [1.29, 1.82) is 5.26 Å². The minimum atomic E-state index is -4.04. The molecule has 16 heavy (non-hydrogen) atoms. The summed E-state index contributed by atoms with van der Waals surface area (Å²) in [6.45, 7) is -0.548. The second kappa shape index (κ2) is 4.70. The Balaban J connectivity index is 3.65. The van der Waals surface area contributed by atoms with Crippen LogP contribution in [0.2, 0.25) is 0 Å². The van der Waals surface area contributed by atoms with Crippen molar-refractivity contribution < 1.29 is 18.3 Å². The monoisotopic (exact) mass is 261 g/mol. The van der Waals surface area contributed by atoms with Gasteiger partial charge in [-0.25, -0.2) is 8.42 Å². The molecule has 0 unspecified atom stereocenters. The third kappa shape index (κ3) is 2.44. The molecule has 0 atom stereocenters. The second-order valence-corrected chi connectivity index (χ2v) is 5.38. The zero-order valence-electron chi connectivity index (χ0n) is 8.27. The van der Waals surface area contributed by atoms with Gasteiger partial charge >= 0.3 is 0 Å². The van der Waals surface area contributed by atoms with Crippen LogP contribution in [0.3, 0.4) is 0 Å². The largest absolute Gasteiger partial charge is 0.495 e. The van der Waals surface area contributed by atoms with Gasteiger partial charge < -0.3 is 9.84 Å². The van der Waals surface area contributed by atoms with Crippen LogP contribution < -0.4 is 4.74 Å². The zero-order valence-corrected chi connectivity index (χ0v) is 9.84. The number of nitriles is 1. The maximum Gasteiger partial charge on any atom is 0.265 e. The summed E-state index contributed by atoms with van der Waals surface area (Å²) >= 11 is 0. The molecule has 5 nitrogen and oxygen atoms in total. The number of hydrogen-bond acceptors (Lipinski definition) is 5. The number of benzene rings is 1. The summed E-state index contributed by atoms with van der Waals surface area (Å²) in [6, 6.07) is 4.32. The van der Waals surface area contributed by atoms with Crippen molar-refractivity contribution in [1.82, 2.24) is 0 Å². The van der Waals surface area contributed by atoms with Crippen molar-refractivity contribution in [2.75, 3.05) is 7.11 Å². The molecular weight excluding hydrogens is 254 g/mol. The molecule has 1 aromatic carbocycles. The summed E-state index contributed by atoms with van der Waals surface area (Å²) in [5.74, 6) is -0.0573. The minimum Gasteiger partial charge on any atom is -0.495 e. The highest BCUT2D eigenvalue weighted by Crippen LogP contribution is 2.31. The van der Waals surface area contributed by atoms with E-state index in [0.29, 0.717) is 0 Å². The number of hydrogen-bond donors (Lipinski definition) is 1. The molecule has 1 rings (SSSR count). The van der Waals surface area contributed by atoms with Gasteiger partial charge in [-0.15, -0.1) is 0 Å². The van der Waals surface area contributed by atoms with Crippen molar-refractivity contribution in [3.05, 3.63) is 23.3 Å². The first-order valence-electron chi connectivity index (χ1n) is 4.10. The minimum absolute atomic E-state index is 0.0332. The summed E-state index contributed by atoms with van der Waals surface area (Å²) in [7, 11) is 2.44. The SMILES string of the molecule is COc1cc(C#N)cc(CO)c1S(=O)(=O)Cl. The normalized spacial score (nSPS) is 10.9. The molecule has 1 aromatic rings. The van der Waals surface area contributed by atoms with Crippen LogP contribution in [0.15, 0.2) is 17.0 Å². The van der Waals surface area contributed by atoms with Gasteiger partial charge in [-0.3, -0.25) is 0 Å². The molecule has 0 aliphatic heterocycles. The Hall–Kier alpha value is -1.29. The van der Waals surface area contributed by atoms with E-state index >= 15 is 0 Å². The van der Waals surface area contributed by atoms with Gasteiger partial charge in [0.15, 0.2) is 0 Å². The Morgan fingerprint density at radius 3 is 2.56 bits per heavy atom. The highest BCUT2D eigenvalue weighted by molar-refractivity contribution is 8.13. The van der Waals surface area contributed by atoms with Gasteiger partial charge in [0.2, 0.25) is 0 Å². The fourth-order valence-corrected chi connectivity index (χ4v) is 2.61. The molecule has 86 valence electrons. The molecular formula is C9H8ClNO4S. The Labute approximate surface area is 97.3 Å². The number of halogens is 1. The third-order valence-electron chi connectivity index (χ3n) is 1.89. The summed E-state index contributed by atoms with van der Waals surface area (Å²) in [4.78, 5) is -0.307. The number of methoxy groups -OCH3 is 1. The molecule has 1 N–H and O–H groups in total. The molecule has 0 aromatic heterocycles. The van der Waals surface area contributed by atoms with Crippen molar-refractivity contribution in [2.45, 2.75) is 11.5 Å². The molecule has 0 saturated heterocycles. The van der Waals surface area contributed by atoms with E-state index in [9.17, 15) is 8.42 Å². The second-order valence-electron chi connectivity index (χ2n) is 2.87. The van der Waals surface area contributed by atoms with E-state index in [4.69, 9.17) is 25.8 Å². The van der Waals surface area contributed by atoms with E-state index in [1.807, 2.05) is 6.07 Å². The summed E-state index contributed by atoms with van der Waals surface area (Å²) in [6.07, 6.45) is 0. The maximum absolute atomic E-state index is 11.3. The average molecular weight is 262 g/mol. The van der Waals surface area contributed by atoms with Gasteiger partial charge in [-0.1, -0.05) is 0 Å². The van der Waals surface area contributed by atoms with Crippen LogP contribution in [-0.2, 0) is 15.7 Å². The predicted molar refractivity (Wildman–Crippen MR) is 56.7 cm³/mol. The fraction of sp³-hybridized carbons (Fsp3) is 0.222. The van der Waals surface area contributed by atoms with Crippen molar-refractivity contribution in [3.8, 4) is 11.8 Å². The molecule has 0 radical (unpaired) electrons. The van der Waals surface area contributed by atoms with Crippen LogP contribution in [0, 0.1) is 11.3 Å². The van der Waals surface area contributed by atoms with Gasteiger partial charge in [0.05, 0.1) is 25.3 Å². The molecule has 0 heterocycles. The lowest BCUT2D eigenvalue weighted by atomic mass is 10.1. The molecule has 0 fully saturated rings. The van der Waals surface area contributed by atoms with Crippen LogP contribution in [0.4, 0.5) is 0 Å². The van der Waals surface area contributed by atoms with E-state index < -0.39 is 15.7 Å². The number of aliphatic hydroxyl groups is 1. The number of nitrogens with zero attached hydrogens (tertiary/aromatic N) is 1. The van der Waals surface area contributed by atoms with Crippen LogP contribution in [0.1, 0.15) is 11.1 Å². The van der Waals surface area contributed by atoms with E-state index in [1.165, 1.54) is 19.2 Å². The number of ether oxygens (including phenoxy) is 1. The Morgan fingerprint density at radius 1 is 1.56 bits per heavy atom. The van der Waals surface area contributed by atoms with Gasteiger partial charge in [0, 0.05) is 16.2 Å². The Bertz CT molecular complexity index is 522.